The fourth-order valence-corrected chi connectivity index (χ4v) is 3.46. The summed E-state index contributed by atoms with van der Waals surface area (Å²) in [6.07, 6.45) is 4.96. The predicted octanol–water partition coefficient (Wildman–Crippen LogP) is 2.57. The van der Waals surface area contributed by atoms with Crippen molar-refractivity contribution in [2.45, 2.75) is 59.0 Å². The van der Waals surface area contributed by atoms with Crippen LogP contribution in [-0.2, 0) is 13.0 Å². The van der Waals surface area contributed by atoms with Crippen LogP contribution in [0.4, 0.5) is 0 Å². The quantitative estimate of drug-likeness (QED) is 0.808. The largest absolute Gasteiger partial charge is 0.338 e. The zero-order chi connectivity index (χ0) is 15.5. The van der Waals surface area contributed by atoms with Gasteiger partial charge in [-0.1, -0.05) is 25.9 Å². The lowest BCUT2D eigenvalue weighted by molar-refractivity contribution is 0.127. The first kappa shape index (κ1) is 15.9. The van der Waals surface area contributed by atoms with E-state index in [4.69, 9.17) is 4.52 Å². The summed E-state index contributed by atoms with van der Waals surface area (Å²) in [5.41, 5.74) is 0. The molecule has 22 heavy (non-hydrogen) atoms. The Morgan fingerprint density at radius 1 is 1.27 bits per heavy atom. The third kappa shape index (κ3) is 4.07. The molecule has 2 fully saturated rings. The fraction of sp³-hybridized carbons (Fsp3) is 0.882. The van der Waals surface area contributed by atoms with E-state index in [1.54, 1.807) is 0 Å². The SMILES string of the molecule is CCc1noc(CN2CCCN(CC3CC3)[C@@H](C(C)C)C2)n1. The smallest absolute Gasteiger partial charge is 0.240 e. The van der Waals surface area contributed by atoms with Crippen molar-refractivity contribution in [1.82, 2.24) is 19.9 Å². The van der Waals surface area contributed by atoms with E-state index in [-0.39, 0.29) is 0 Å². The van der Waals surface area contributed by atoms with Crippen LogP contribution >= 0.6 is 0 Å². The summed E-state index contributed by atoms with van der Waals surface area (Å²) in [4.78, 5) is 9.72. The molecule has 1 aliphatic heterocycles. The molecule has 0 aromatic carbocycles. The third-order valence-electron chi connectivity index (χ3n) is 4.98. The number of nitrogens with zero attached hydrogens (tertiary/aromatic N) is 4. The average Bonchev–Trinajstić information content (AvgIpc) is 3.23. The number of hydrogen-bond donors (Lipinski definition) is 0. The van der Waals surface area contributed by atoms with Crippen LogP contribution in [0.5, 0.6) is 0 Å². The monoisotopic (exact) mass is 306 g/mol. The topological polar surface area (TPSA) is 45.4 Å². The van der Waals surface area contributed by atoms with Crippen LogP contribution in [0, 0.1) is 11.8 Å². The highest BCUT2D eigenvalue weighted by atomic mass is 16.5. The first-order valence-electron chi connectivity index (χ1n) is 8.93. The van der Waals surface area contributed by atoms with Crippen molar-refractivity contribution >= 4 is 0 Å². The Balaban J connectivity index is 1.62. The summed E-state index contributed by atoms with van der Waals surface area (Å²) in [5, 5.41) is 4.02. The summed E-state index contributed by atoms with van der Waals surface area (Å²) < 4.78 is 5.38. The van der Waals surface area contributed by atoms with Crippen molar-refractivity contribution in [1.29, 1.82) is 0 Å². The standard InChI is InChI=1S/C17H30N4O/c1-4-16-18-17(22-19-16)12-20-8-5-9-21(10-14-6-7-14)15(11-20)13(2)3/h13-15H,4-12H2,1-3H3/t15-/m1/s1. The Bertz CT molecular complexity index is 469. The second kappa shape index (κ2) is 7.09. The highest BCUT2D eigenvalue weighted by Crippen LogP contribution is 2.32. The van der Waals surface area contributed by atoms with Crippen molar-refractivity contribution in [3.63, 3.8) is 0 Å². The maximum atomic E-state index is 5.38. The van der Waals surface area contributed by atoms with Crippen molar-refractivity contribution in [2.24, 2.45) is 11.8 Å². The van der Waals surface area contributed by atoms with Crippen molar-refractivity contribution in [2.75, 3.05) is 26.2 Å². The van der Waals surface area contributed by atoms with Crippen molar-refractivity contribution < 1.29 is 4.52 Å². The van der Waals surface area contributed by atoms with Gasteiger partial charge in [-0.2, -0.15) is 4.98 Å². The van der Waals surface area contributed by atoms with Crippen LogP contribution in [0.25, 0.3) is 0 Å². The van der Waals surface area contributed by atoms with E-state index < -0.39 is 0 Å². The molecule has 3 rings (SSSR count). The highest BCUT2D eigenvalue weighted by Gasteiger charge is 2.32. The molecule has 1 atom stereocenters. The molecule has 5 nitrogen and oxygen atoms in total. The summed E-state index contributed by atoms with van der Waals surface area (Å²) in [6, 6.07) is 0.650. The van der Waals surface area contributed by atoms with Gasteiger partial charge in [0.2, 0.25) is 5.89 Å². The zero-order valence-corrected chi connectivity index (χ0v) is 14.3. The Labute approximate surface area is 134 Å². The maximum absolute atomic E-state index is 5.38. The van der Waals surface area contributed by atoms with E-state index in [1.807, 2.05) is 0 Å². The van der Waals surface area contributed by atoms with Gasteiger partial charge in [0.15, 0.2) is 5.82 Å². The van der Waals surface area contributed by atoms with Gasteiger partial charge in [0, 0.05) is 25.6 Å². The van der Waals surface area contributed by atoms with E-state index >= 15 is 0 Å². The first-order chi connectivity index (χ1) is 10.7. The normalized spacial score (nSPS) is 24.8. The van der Waals surface area contributed by atoms with Crippen molar-refractivity contribution in [3.05, 3.63) is 11.7 Å². The van der Waals surface area contributed by atoms with E-state index in [2.05, 4.69) is 40.7 Å². The molecule has 1 aliphatic carbocycles. The van der Waals surface area contributed by atoms with Gasteiger partial charge in [-0.05, 0) is 44.2 Å². The molecule has 5 heteroatoms. The number of aromatic nitrogens is 2. The summed E-state index contributed by atoms with van der Waals surface area (Å²) in [7, 11) is 0. The van der Waals surface area contributed by atoms with Gasteiger partial charge in [0.05, 0.1) is 6.54 Å². The molecule has 0 amide bonds. The lowest BCUT2D eigenvalue weighted by Gasteiger charge is -2.34. The van der Waals surface area contributed by atoms with E-state index in [1.165, 1.54) is 32.4 Å². The Kier molecular flexibility index (Phi) is 5.14. The first-order valence-corrected chi connectivity index (χ1v) is 8.93. The minimum absolute atomic E-state index is 0.650. The molecule has 0 spiro atoms. The predicted molar refractivity (Wildman–Crippen MR) is 86.5 cm³/mol. The number of aryl methyl sites for hydroxylation is 1. The molecule has 0 unspecified atom stereocenters. The van der Waals surface area contributed by atoms with Crippen LogP contribution < -0.4 is 0 Å². The lowest BCUT2D eigenvalue weighted by Crippen LogP contribution is -2.45. The van der Waals surface area contributed by atoms with E-state index in [0.717, 1.165) is 43.7 Å². The van der Waals surface area contributed by atoms with Gasteiger partial charge in [0.1, 0.15) is 0 Å². The van der Waals surface area contributed by atoms with Crippen LogP contribution in [0.1, 0.15) is 51.7 Å². The zero-order valence-electron chi connectivity index (χ0n) is 14.3. The molecule has 1 saturated heterocycles. The van der Waals surface area contributed by atoms with Gasteiger partial charge >= 0.3 is 0 Å². The molecule has 1 aromatic rings. The van der Waals surface area contributed by atoms with Crippen LogP contribution in [-0.4, -0.2) is 52.2 Å². The average molecular weight is 306 g/mol. The summed E-state index contributed by atoms with van der Waals surface area (Å²) >= 11 is 0. The van der Waals surface area contributed by atoms with Crippen molar-refractivity contribution in [3.8, 4) is 0 Å². The Morgan fingerprint density at radius 2 is 2.09 bits per heavy atom. The van der Waals surface area contributed by atoms with Crippen LogP contribution in [0.2, 0.25) is 0 Å². The van der Waals surface area contributed by atoms with Gasteiger partial charge in [-0.3, -0.25) is 9.80 Å². The maximum Gasteiger partial charge on any atom is 0.240 e. The van der Waals surface area contributed by atoms with Gasteiger partial charge < -0.3 is 4.52 Å². The van der Waals surface area contributed by atoms with Gasteiger partial charge in [-0.25, -0.2) is 0 Å². The molecule has 1 aromatic heterocycles. The second-order valence-electron chi connectivity index (χ2n) is 7.30. The molecule has 124 valence electrons. The third-order valence-corrected chi connectivity index (χ3v) is 4.98. The molecular formula is C17H30N4O. The van der Waals surface area contributed by atoms with Crippen LogP contribution in [0.3, 0.4) is 0 Å². The Morgan fingerprint density at radius 3 is 2.73 bits per heavy atom. The summed E-state index contributed by atoms with van der Waals surface area (Å²) in [6.45, 7) is 12.4. The molecule has 0 N–H and O–H groups in total. The van der Waals surface area contributed by atoms with E-state index in [9.17, 15) is 0 Å². The number of rotatable bonds is 6. The highest BCUT2D eigenvalue weighted by molar-refractivity contribution is 4.90. The minimum atomic E-state index is 0.650. The van der Waals surface area contributed by atoms with Gasteiger partial charge in [0.25, 0.3) is 0 Å². The van der Waals surface area contributed by atoms with E-state index in [0.29, 0.717) is 12.0 Å². The summed E-state index contributed by atoms with van der Waals surface area (Å²) in [5.74, 6) is 3.25. The molecular weight excluding hydrogens is 276 g/mol. The minimum Gasteiger partial charge on any atom is -0.338 e. The lowest BCUT2D eigenvalue weighted by atomic mass is 10.0. The second-order valence-corrected chi connectivity index (χ2v) is 7.30. The fourth-order valence-electron chi connectivity index (χ4n) is 3.46. The Hall–Kier alpha value is -0.940. The molecule has 1 saturated carbocycles. The molecule has 0 bridgehead atoms. The molecule has 2 heterocycles. The van der Waals surface area contributed by atoms with Crippen LogP contribution in [0.15, 0.2) is 4.52 Å². The molecule has 0 radical (unpaired) electrons. The number of hydrogen-bond acceptors (Lipinski definition) is 5. The van der Waals surface area contributed by atoms with Gasteiger partial charge in [-0.15, -0.1) is 0 Å². The molecule has 2 aliphatic rings.